The Kier molecular flexibility index (Phi) is 3.04. The molecule has 1 atom stereocenters. The van der Waals surface area contributed by atoms with Gasteiger partial charge in [-0.3, -0.25) is 9.59 Å². The van der Waals surface area contributed by atoms with Crippen LogP contribution in [-0.4, -0.2) is 36.1 Å². The van der Waals surface area contributed by atoms with Crippen LogP contribution in [0.5, 0.6) is 0 Å². The zero-order valence-electron chi connectivity index (χ0n) is 6.67. The summed E-state index contributed by atoms with van der Waals surface area (Å²) >= 11 is 0. The summed E-state index contributed by atoms with van der Waals surface area (Å²) in [5.41, 5.74) is 0. The predicted molar refractivity (Wildman–Crippen MR) is 41.7 cm³/mol. The van der Waals surface area contributed by atoms with Crippen molar-refractivity contribution in [2.24, 2.45) is 0 Å². The Morgan fingerprint density at radius 3 is 3.00 bits per heavy atom. The summed E-state index contributed by atoms with van der Waals surface area (Å²) in [5, 5.41) is 13.8. The molecule has 0 radical (unpaired) electrons. The quantitative estimate of drug-likeness (QED) is 0.507. The second-order valence-corrected chi connectivity index (χ2v) is 2.81. The van der Waals surface area contributed by atoms with Crippen molar-refractivity contribution in [2.45, 2.75) is 18.9 Å². The number of aliphatic carboxylic acids is 1. The molecule has 1 rings (SSSR count). The summed E-state index contributed by atoms with van der Waals surface area (Å²) in [6, 6.07) is 0.110. The van der Waals surface area contributed by atoms with Crippen molar-refractivity contribution in [1.29, 1.82) is 0 Å². The standard InChI is InChI=1S/C7H12N2O3/c10-6-2-1-5(3-9-6)8-4-7(11)12/h5,8H,1-4H2,(H,9,10)(H,11,12). The smallest absolute Gasteiger partial charge is 0.317 e. The number of hydrogen-bond acceptors (Lipinski definition) is 3. The maximum atomic E-state index is 10.7. The topological polar surface area (TPSA) is 78.4 Å². The highest BCUT2D eigenvalue weighted by Gasteiger charge is 2.17. The molecule has 0 aromatic heterocycles. The minimum atomic E-state index is -0.869. The zero-order valence-corrected chi connectivity index (χ0v) is 6.67. The van der Waals surface area contributed by atoms with E-state index in [2.05, 4.69) is 10.6 Å². The zero-order chi connectivity index (χ0) is 8.97. The third-order valence-corrected chi connectivity index (χ3v) is 1.81. The first kappa shape index (κ1) is 8.99. The summed E-state index contributed by atoms with van der Waals surface area (Å²) in [4.78, 5) is 20.8. The van der Waals surface area contributed by atoms with Gasteiger partial charge in [-0.15, -0.1) is 0 Å². The van der Waals surface area contributed by atoms with Crippen LogP contribution in [0.4, 0.5) is 0 Å². The van der Waals surface area contributed by atoms with Gasteiger partial charge in [0.1, 0.15) is 0 Å². The van der Waals surface area contributed by atoms with Gasteiger partial charge < -0.3 is 15.7 Å². The number of carbonyl (C=O) groups is 2. The summed E-state index contributed by atoms with van der Waals surface area (Å²) in [6.45, 7) is 0.493. The van der Waals surface area contributed by atoms with Gasteiger partial charge in [-0.05, 0) is 6.42 Å². The molecule has 1 fully saturated rings. The fraction of sp³-hybridized carbons (Fsp3) is 0.714. The first-order chi connectivity index (χ1) is 5.68. The van der Waals surface area contributed by atoms with Crippen molar-refractivity contribution in [2.75, 3.05) is 13.1 Å². The van der Waals surface area contributed by atoms with Gasteiger partial charge in [-0.2, -0.15) is 0 Å². The molecule has 1 unspecified atom stereocenters. The van der Waals surface area contributed by atoms with Crippen molar-refractivity contribution in [3.05, 3.63) is 0 Å². The van der Waals surface area contributed by atoms with E-state index in [4.69, 9.17) is 5.11 Å². The van der Waals surface area contributed by atoms with Gasteiger partial charge in [-0.1, -0.05) is 0 Å². The van der Waals surface area contributed by atoms with Crippen LogP contribution in [0, 0.1) is 0 Å². The molecule has 3 N–H and O–H groups in total. The lowest BCUT2D eigenvalue weighted by Gasteiger charge is -2.22. The Balaban J connectivity index is 2.17. The average Bonchev–Trinajstić information content (AvgIpc) is 2.03. The molecule has 1 amide bonds. The number of carbonyl (C=O) groups excluding carboxylic acids is 1. The van der Waals surface area contributed by atoms with Crippen molar-refractivity contribution >= 4 is 11.9 Å². The molecule has 0 spiro atoms. The monoisotopic (exact) mass is 172 g/mol. The van der Waals surface area contributed by atoms with Crippen LogP contribution in [0.3, 0.4) is 0 Å². The van der Waals surface area contributed by atoms with Gasteiger partial charge in [-0.25, -0.2) is 0 Å². The van der Waals surface area contributed by atoms with Gasteiger partial charge in [0.25, 0.3) is 0 Å². The first-order valence-corrected chi connectivity index (χ1v) is 3.90. The van der Waals surface area contributed by atoms with Crippen molar-refractivity contribution in [3.63, 3.8) is 0 Å². The van der Waals surface area contributed by atoms with E-state index in [-0.39, 0.29) is 18.5 Å². The maximum Gasteiger partial charge on any atom is 0.317 e. The molecule has 0 aromatic rings. The molecule has 1 aliphatic heterocycles. The Morgan fingerprint density at radius 2 is 2.50 bits per heavy atom. The van der Waals surface area contributed by atoms with Crippen LogP contribution >= 0.6 is 0 Å². The van der Waals surface area contributed by atoms with Gasteiger partial charge in [0.05, 0.1) is 6.54 Å². The number of nitrogens with one attached hydrogen (secondary N) is 2. The molecule has 0 saturated carbocycles. The lowest BCUT2D eigenvalue weighted by molar-refractivity contribution is -0.136. The molecule has 5 nitrogen and oxygen atoms in total. The van der Waals surface area contributed by atoms with Gasteiger partial charge in [0.2, 0.25) is 5.91 Å². The van der Waals surface area contributed by atoms with E-state index < -0.39 is 5.97 Å². The molecule has 1 heterocycles. The van der Waals surface area contributed by atoms with Crippen molar-refractivity contribution < 1.29 is 14.7 Å². The van der Waals surface area contributed by atoms with Gasteiger partial charge in [0, 0.05) is 19.0 Å². The number of hydrogen-bond donors (Lipinski definition) is 3. The second kappa shape index (κ2) is 4.06. The van der Waals surface area contributed by atoms with E-state index in [0.717, 1.165) is 6.42 Å². The fourth-order valence-corrected chi connectivity index (χ4v) is 1.14. The number of carboxylic acid groups (broad SMARTS) is 1. The largest absolute Gasteiger partial charge is 0.480 e. The molecular weight excluding hydrogens is 160 g/mol. The molecule has 0 aliphatic carbocycles. The van der Waals surface area contributed by atoms with Gasteiger partial charge in [0.15, 0.2) is 0 Å². The Morgan fingerprint density at radius 1 is 1.75 bits per heavy atom. The van der Waals surface area contributed by atoms with E-state index in [1.165, 1.54) is 0 Å². The lowest BCUT2D eigenvalue weighted by Crippen LogP contribution is -2.47. The highest BCUT2D eigenvalue weighted by atomic mass is 16.4. The maximum absolute atomic E-state index is 10.7. The summed E-state index contributed by atoms with van der Waals surface area (Å²) < 4.78 is 0. The second-order valence-electron chi connectivity index (χ2n) is 2.81. The molecule has 68 valence electrons. The Bertz CT molecular complexity index is 183. The number of rotatable bonds is 3. The number of piperidine rings is 1. The molecule has 0 aromatic carbocycles. The van der Waals surface area contributed by atoms with E-state index in [0.29, 0.717) is 13.0 Å². The Hall–Kier alpha value is -1.10. The SMILES string of the molecule is O=C(O)CNC1CCC(=O)NC1. The minimum absolute atomic E-state index is 0.0411. The first-order valence-electron chi connectivity index (χ1n) is 3.90. The highest BCUT2D eigenvalue weighted by molar-refractivity contribution is 5.76. The molecule has 1 saturated heterocycles. The van der Waals surface area contributed by atoms with E-state index >= 15 is 0 Å². The Labute approximate surface area is 70.1 Å². The summed E-state index contributed by atoms with van der Waals surface area (Å²) in [5.74, 6) is -0.824. The fourth-order valence-electron chi connectivity index (χ4n) is 1.14. The molecule has 12 heavy (non-hydrogen) atoms. The third-order valence-electron chi connectivity index (χ3n) is 1.81. The normalized spacial score (nSPS) is 23.3. The van der Waals surface area contributed by atoms with Crippen LogP contribution in [0.2, 0.25) is 0 Å². The molecule has 5 heteroatoms. The summed E-state index contributed by atoms with van der Waals surface area (Å²) in [7, 11) is 0. The van der Waals surface area contributed by atoms with Crippen LogP contribution in [0.1, 0.15) is 12.8 Å². The third kappa shape index (κ3) is 2.87. The van der Waals surface area contributed by atoms with Crippen LogP contribution in [-0.2, 0) is 9.59 Å². The molecule has 1 aliphatic rings. The van der Waals surface area contributed by atoms with E-state index in [1.807, 2.05) is 0 Å². The van der Waals surface area contributed by atoms with Crippen LogP contribution < -0.4 is 10.6 Å². The molecular formula is C7H12N2O3. The van der Waals surface area contributed by atoms with Crippen molar-refractivity contribution in [3.8, 4) is 0 Å². The summed E-state index contributed by atoms with van der Waals surface area (Å²) in [6.07, 6.45) is 1.20. The average molecular weight is 172 g/mol. The number of carboxylic acids is 1. The predicted octanol–water partition coefficient (Wildman–Crippen LogP) is -1.06. The van der Waals surface area contributed by atoms with E-state index in [9.17, 15) is 9.59 Å². The minimum Gasteiger partial charge on any atom is -0.480 e. The van der Waals surface area contributed by atoms with Crippen LogP contribution in [0.25, 0.3) is 0 Å². The number of amides is 1. The van der Waals surface area contributed by atoms with Gasteiger partial charge >= 0.3 is 5.97 Å². The lowest BCUT2D eigenvalue weighted by atomic mass is 10.1. The molecule has 0 bridgehead atoms. The van der Waals surface area contributed by atoms with Crippen molar-refractivity contribution in [1.82, 2.24) is 10.6 Å². The highest BCUT2D eigenvalue weighted by Crippen LogP contribution is 2.01. The van der Waals surface area contributed by atoms with E-state index in [1.54, 1.807) is 0 Å². The van der Waals surface area contributed by atoms with Crippen LogP contribution in [0.15, 0.2) is 0 Å².